The number of hydrogen-bond acceptors (Lipinski definition) is 4. The van der Waals surface area contributed by atoms with E-state index in [0.717, 1.165) is 12.8 Å². The van der Waals surface area contributed by atoms with Crippen LogP contribution < -0.4 is 0 Å². The first kappa shape index (κ1) is 19.1. The Morgan fingerprint density at radius 3 is 2.35 bits per heavy atom. The largest absolute Gasteiger partial charge is 0.466 e. The average molecular weight is 286 g/mol. The molecule has 0 saturated carbocycles. The zero-order chi connectivity index (χ0) is 15.5. The molecule has 0 heterocycles. The van der Waals surface area contributed by atoms with Crippen LogP contribution in [0.4, 0.5) is 0 Å². The number of ether oxygens (including phenoxy) is 3. The molecular formula is C16H30O4. The molecule has 0 aliphatic carbocycles. The predicted molar refractivity (Wildman–Crippen MR) is 80.4 cm³/mol. The van der Waals surface area contributed by atoms with Crippen molar-refractivity contribution in [2.75, 3.05) is 13.2 Å². The maximum Gasteiger partial charge on any atom is 0.302 e. The lowest BCUT2D eigenvalue weighted by Gasteiger charge is -2.26. The van der Waals surface area contributed by atoms with E-state index in [1.807, 2.05) is 13.8 Å². The highest BCUT2D eigenvalue weighted by atomic mass is 16.7. The lowest BCUT2D eigenvalue weighted by Crippen LogP contribution is -2.28. The van der Waals surface area contributed by atoms with Crippen LogP contribution >= 0.6 is 0 Å². The van der Waals surface area contributed by atoms with Gasteiger partial charge in [0.2, 0.25) is 0 Å². The lowest BCUT2D eigenvalue weighted by atomic mass is 9.97. The number of allylic oxidation sites excluding steroid dienone is 1. The van der Waals surface area contributed by atoms with Crippen LogP contribution in [0, 0.1) is 5.92 Å². The van der Waals surface area contributed by atoms with Gasteiger partial charge in [-0.3, -0.25) is 4.79 Å². The summed E-state index contributed by atoms with van der Waals surface area (Å²) in [4.78, 5) is 10.8. The van der Waals surface area contributed by atoms with Crippen LogP contribution in [-0.4, -0.2) is 31.6 Å². The molecule has 0 aromatic rings. The van der Waals surface area contributed by atoms with E-state index in [1.54, 1.807) is 0 Å². The summed E-state index contributed by atoms with van der Waals surface area (Å²) in [7, 11) is 0. The second-order valence-electron chi connectivity index (χ2n) is 5.32. The summed E-state index contributed by atoms with van der Waals surface area (Å²) in [5, 5.41) is 0. The van der Waals surface area contributed by atoms with Gasteiger partial charge in [-0.2, -0.15) is 0 Å². The SMILES string of the molecule is CCOC(C)OC(CC=C(C)C)C(C)CCOC(C)=O. The van der Waals surface area contributed by atoms with Crippen LogP contribution in [0.2, 0.25) is 0 Å². The highest BCUT2D eigenvalue weighted by Gasteiger charge is 2.20. The minimum atomic E-state index is -0.235. The van der Waals surface area contributed by atoms with Gasteiger partial charge in [-0.15, -0.1) is 0 Å². The Morgan fingerprint density at radius 2 is 1.85 bits per heavy atom. The first-order valence-corrected chi connectivity index (χ1v) is 7.40. The van der Waals surface area contributed by atoms with E-state index in [0.29, 0.717) is 19.1 Å². The van der Waals surface area contributed by atoms with Crippen LogP contribution in [0.25, 0.3) is 0 Å². The van der Waals surface area contributed by atoms with Crippen molar-refractivity contribution in [3.05, 3.63) is 11.6 Å². The molecule has 4 heteroatoms. The van der Waals surface area contributed by atoms with Crippen molar-refractivity contribution >= 4 is 5.97 Å². The molecule has 0 saturated heterocycles. The van der Waals surface area contributed by atoms with E-state index in [4.69, 9.17) is 14.2 Å². The van der Waals surface area contributed by atoms with Gasteiger partial charge in [0, 0.05) is 13.5 Å². The molecule has 0 bridgehead atoms. The van der Waals surface area contributed by atoms with Crippen molar-refractivity contribution in [3.8, 4) is 0 Å². The molecule has 0 aromatic heterocycles. The minimum absolute atomic E-state index is 0.0713. The van der Waals surface area contributed by atoms with Crippen LogP contribution in [0.1, 0.15) is 54.4 Å². The molecule has 3 unspecified atom stereocenters. The summed E-state index contributed by atoms with van der Waals surface area (Å²) in [5.41, 5.74) is 1.27. The van der Waals surface area contributed by atoms with E-state index >= 15 is 0 Å². The van der Waals surface area contributed by atoms with Gasteiger partial charge in [-0.1, -0.05) is 18.6 Å². The van der Waals surface area contributed by atoms with Crippen molar-refractivity contribution in [3.63, 3.8) is 0 Å². The molecule has 0 amide bonds. The lowest BCUT2D eigenvalue weighted by molar-refractivity contribution is -0.169. The summed E-state index contributed by atoms with van der Waals surface area (Å²) in [6.07, 6.45) is 3.67. The number of carbonyl (C=O) groups excluding carboxylic acids is 1. The van der Waals surface area contributed by atoms with Crippen LogP contribution in [0.3, 0.4) is 0 Å². The minimum Gasteiger partial charge on any atom is -0.466 e. The number of carbonyl (C=O) groups is 1. The molecule has 0 fully saturated rings. The van der Waals surface area contributed by atoms with Gasteiger partial charge in [-0.25, -0.2) is 0 Å². The van der Waals surface area contributed by atoms with Gasteiger partial charge in [0.1, 0.15) is 0 Å². The van der Waals surface area contributed by atoms with Crippen LogP contribution in [0.5, 0.6) is 0 Å². The Bertz CT molecular complexity index is 295. The molecular weight excluding hydrogens is 256 g/mol. The molecule has 0 aliphatic heterocycles. The number of rotatable bonds is 10. The Labute approximate surface area is 123 Å². The summed E-state index contributed by atoms with van der Waals surface area (Å²) < 4.78 is 16.4. The third-order valence-corrected chi connectivity index (χ3v) is 3.04. The van der Waals surface area contributed by atoms with E-state index in [-0.39, 0.29) is 18.4 Å². The van der Waals surface area contributed by atoms with E-state index < -0.39 is 0 Å². The molecule has 0 rings (SSSR count). The van der Waals surface area contributed by atoms with Gasteiger partial charge in [0.15, 0.2) is 6.29 Å². The monoisotopic (exact) mass is 286 g/mol. The third kappa shape index (κ3) is 9.98. The second-order valence-corrected chi connectivity index (χ2v) is 5.32. The quantitative estimate of drug-likeness (QED) is 0.349. The fraction of sp³-hybridized carbons (Fsp3) is 0.812. The van der Waals surface area contributed by atoms with Crippen LogP contribution in [0.15, 0.2) is 11.6 Å². The van der Waals surface area contributed by atoms with Gasteiger partial charge < -0.3 is 14.2 Å². The van der Waals surface area contributed by atoms with Gasteiger partial charge in [0.05, 0.1) is 12.7 Å². The Balaban J connectivity index is 4.40. The second kappa shape index (κ2) is 10.9. The Hall–Kier alpha value is -0.870. The van der Waals surface area contributed by atoms with E-state index in [9.17, 15) is 4.79 Å². The normalized spacial score (nSPS) is 15.3. The van der Waals surface area contributed by atoms with Gasteiger partial charge >= 0.3 is 5.97 Å². The van der Waals surface area contributed by atoms with E-state index in [1.165, 1.54) is 12.5 Å². The van der Waals surface area contributed by atoms with Crippen molar-refractivity contribution in [2.24, 2.45) is 5.92 Å². The first-order chi connectivity index (χ1) is 9.36. The molecule has 3 atom stereocenters. The molecule has 0 N–H and O–H groups in total. The maximum absolute atomic E-state index is 10.8. The first-order valence-electron chi connectivity index (χ1n) is 7.40. The summed E-state index contributed by atoms with van der Waals surface area (Å²) in [6, 6.07) is 0. The third-order valence-electron chi connectivity index (χ3n) is 3.04. The highest BCUT2D eigenvalue weighted by molar-refractivity contribution is 5.65. The van der Waals surface area contributed by atoms with Gasteiger partial charge in [0.25, 0.3) is 0 Å². The van der Waals surface area contributed by atoms with E-state index in [2.05, 4.69) is 26.8 Å². The average Bonchev–Trinajstić information content (AvgIpc) is 2.33. The van der Waals surface area contributed by atoms with Crippen molar-refractivity contribution in [1.29, 1.82) is 0 Å². The maximum atomic E-state index is 10.8. The molecule has 0 spiro atoms. The smallest absolute Gasteiger partial charge is 0.302 e. The predicted octanol–water partition coefficient (Wildman–Crippen LogP) is 3.70. The molecule has 0 aromatic carbocycles. The summed E-state index contributed by atoms with van der Waals surface area (Å²) >= 11 is 0. The highest BCUT2D eigenvalue weighted by Crippen LogP contribution is 2.19. The number of hydrogen-bond donors (Lipinski definition) is 0. The van der Waals surface area contributed by atoms with Crippen molar-refractivity contribution in [1.82, 2.24) is 0 Å². The molecule has 4 nitrogen and oxygen atoms in total. The fourth-order valence-corrected chi connectivity index (χ4v) is 1.87. The van der Waals surface area contributed by atoms with Crippen LogP contribution in [-0.2, 0) is 19.0 Å². The summed E-state index contributed by atoms with van der Waals surface area (Å²) in [5.74, 6) is 0.0644. The zero-order valence-electron chi connectivity index (χ0n) is 13.8. The summed E-state index contributed by atoms with van der Waals surface area (Å²) in [6.45, 7) is 12.6. The topological polar surface area (TPSA) is 44.8 Å². The standard InChI is InChI=1S/C16H30O4/c1-7-18-15(6)20-16(9-8-12(2)3)13(4)10-11-19-14(5)17/h8,13,15-16H,7,9-11H2,1-6H3. The molecule has 118 valence electrons. The molecule has 0 aliphatic rings. The molecule has 0 radical (unpaired) electrons. The number of esters is 1. The zero-order valence-corrected chi connectivity index (χ0v) is 13.8. The van der Waals surface area contributed by atoms with Gasteiger partial charge in [-0.05, 0) is 46.5 Å². The Kier molecular flexibility index (Phi) is 10.4. The fourth-order valence-electron chi connectivity index (χ4n) is 1.87. The van der Waals surface area contributed by atoms with Crippen molar-refractivity contribution < 1.29 is 19.0 Å². The Morgan fingerprint density at radius 1 is 1.20 bits per heavy atom. The van der Waals surface area contributed by atoms with Crippen molar-refractivity contribution in [2.45, 2.75) is 66.8 Å². The molecule has 20 heavy (non-hydrogen) atoms.